The summed E-state index contributed by atoms with van der Waals surface area (Å²) in [5.41, 5.74) is 0. The summed E-state index contributed by atoms with van der Waals surface area (Å²) in [6.07, 6.45) is 81.0. The van der Waals surface area contributed by atoms with Crippen LogP contribution >= 0.6 is 0 Å². The van der Waals surface area contributed by atoms with Crippen LogP contribution in [0.4, 0.5) is 0 Å². The maximum atomic E-state index is 12.9. The molecule has 0 aromatic carbocycles. The number of hydrogen-bond donors (Lipinski definition) is 0. The van der Waals surface area contributed by atoms with Gasteiger partial charge in [0.05, 0.1) is 0 Å². The fourth-order valence-electron chi connectivity index (χ4n) is 8.50. The quantitative estimate of drug-likeness (QED) is 0.0261. The van der Waals surface area contributed by atoms with Crippen molar-refractivity contribution in [1.82, 2.24) is 0 Å². The predicted molar refractivity (Wildman–Crippen MR) is 316 cm³/mol. The van der Waals surface area contributed by atoms with E-state index in [1.165, 1.54) is 148 Å². The van der Waals surface area contributed by atoms with Crippen LogP contribution in [0.15, 0.2) is 97.2 Å². The number of hydrogen-bond acceptors (Lipinski definition) is 6. The lowest BCUT2D eigenvalue weighted by Gasteiger charge is -2.18. The highest BCUT2D eigenvalue weighted by atomic mass is 16.6. The van der Waals surface area contributed by atoms with Crippen LogP contribution in [0, 0.1) is 0 Å². The van der Waals surface area contributed by atoms with Gasteiger partial charge >= 0.3 is 17.9 Å². The highest BCUT2D eigenvalue weighted by molar-refractivity contribution is 5.71. The van der Waals surface area contributed by atoms with E-state index in [4.69, 9.17) is 14.2 Å². The molecule has 0 aliphatic carbocycles. The molecule has 0 amide bonds. The van der Waals surface area contributed by atoms with Gasteiger partial charge in [0, 0.05) is 19.3 Å². The van der Waals surface area contributed by atoms with Gasteiger partial charge in [0.2, 0.25) is 0 Å². The Kier molecular flexibility index (Phi) is 57.8. The molecule has 418 valence electrons. The maximum Gasteiger partial charge on any atom is 0.306 e. The van der Waals surface area contributed by atoms with E-state index in [0.717, 1.165) is 103 Å². The third-order valence-electron chi connectivity index (χ3n) is 13.2. The first-order valence-electron chi connectivity index (χ1n) is 30.8. The van der Waals surface area contributed by atoms with Crippen molar-refractivity contribution in [3.63, 3.8) is 0 Å². The van der Waals surface area contributed by atoms with Crippen LogP contribution < -0.4 is 0 Å². The summed E-state index contributed by atoms with van der Waals surface area (Å²) in [7, 11) is 0. The summed E-state index contributed by atoms with van der Waals surface area (Å²) in [6, 6.07) is 0. The lowest BCUT2D eigenvalue weighted by Crippen LogP contribution is -2.30. The first-order chi connectivity index (χ1) is 36.0. The molecule has 0 aliphatic heterocycles. The van der Waals surface area contributed by atoms with E-state index < -0.39 is 6.10 Å². The van der Waals surface area contributed by atoms with Gasteiger partial charge in [-0.05, 0) is 96.3 Å². The fraction of sp³-hybridized carbons (Fsp3) is 0.716. The highest BCUT2D eigenvalue weighted by Gasteiger charge is 2.19. The van der Waals surface area contributed by atoms with Gasteiger partial charge in [0.1, 0.15) is 13.2 Å². The van der Waals surface area contributed by atoms with E-state index in [0.29, 0.717) is 19.3 Å². The SMILES string of the molecule is CCCCC\C=C/C=C\C=C/C=C\CCCCCCCC(=O)OC(COC(=O)CCCCCCC/C=C\C=C/CCCCCCCCC)COC(=O)CCCCCCCCCCCC/C=C\C=C/CCCCC. The Morgan fingerprint density at radius 2 is 0.493 bits per heavy atom. The van der Waals surface area contributed by atoms with Crippen LogP contribution in [0.3, 0.4) is 0 Å². The highest BCUT2D eigenvalue weighted by Crippen LogP contribution is 2.15. The molecule has 0 rings (SSSR count). The van der Waals surface area contributed by atoms with E-state index in [1.807, 2.05) is 0 Å². The Balaban J connectivity index is 4.47. The van der Waals surface area contributed by atoms with Crippen LogP contribution in [0.25, 0.3) is 0 Å². The Morgan fingerprint density at radius 3 is 0.808 bits per heavy atom. The normalized spacial score (nSPS) is 12.8. The van der Waals surface area contributed by atoms with Gasteiger partial charge in [-0.15, -0.1) is 0 Å². The molecular formula is C67H114O6. The fourth-order valence-corrected chi connectivity index (χ4v) is 8.50. The van der Waals surface area contributed by atoms with Gasteiger partial charge in [-0.2, -0.15) is 0 Å². The minimum atomic E-state index is -0.800. The second-order valence-corrected chi connectivity index (χ2v) is 20.4. The molecule has 0 aliphatic rings. The van der Waals surface area contributed by atoms with Crippen LogP contribution in [0.1, 0.15) is 290 Å². The molecule has 0 heterocycles. The van der Waals surface area contributed by atoms with Gasteiger partial charge < -0.3 is 14.2 Å². The zero-order valence-electron chi connectivity index (χ0n) is 47.9. The van der Waals surface area contributed by atoms with Crippen molar-refractivity contribution in [2.24, 2.45) is 0 Å². The van der Waals surface area contributed by atoms with Gasteiger partial charge in [0.15, 0.2) is 6.10 Å². The summed E-state index contributed by atoms with van der Waals surface area (Å²) < 4.78 is 16.9. The number of carbonyl (C=O) groups is 3. The first-order valence-corrected chi connectivity index (χ1v) is 30.8. The predicted octanol–water partition coefficient (Wildman–Crippen LogP) is 20.9. The Bertz CT molecular complexity index is 1440. The lowest BCUT2D eigenvalue weighted by molar-refractivity contribution is -0.167. The van der Waals surface area contributed by atoms with Crippen molar-refractivity contribution in [3.05, 3.63) is 97.2 Å². The van der Waals surface area contributed by atoms with Crippen LogP contribution in [-0.2, 0) is 28.6 Å². The van der Waals surface area contributed by atoms with Crippen molar-refractivity contribution in [2.45, 2.75) is 297 Å². The third-order valence-corrected chi connectivity index (χ3v) is 13.2. The minimum absolute atomic E-state index is 0.0943. The summed E-state index contributed by atoms with van der Waals surface area (Å²) in [5, 5.41) is 0. The Morgan fingerprint density at radius 1 is 0.274 bits per heavy atom. The molecule has 6 nitrogen and oxygen atoms in total. The number of esters is 3. The zero-order chi connectivity index (χ0) is 52.9. The van der Waals surface area contributed by atoms with Crippen LogP contribution in [-0.4, -0.2) is 37.2 Å². The van der Waals surface area contributed by atoms with Crippen molar-refractivity contribution in [1.29, 1.82) is 0 Å². The molecule has 73 heavy (non-hydrogen) atoms. The standard InChI is InChI=1S/C67H114O6/c1-4-7-10-13-16-19-22-25-28-31-34-37-39-42-45-48-51-54-57-60-66(69)72-63-64(73-67(70)61-58-55-52-49-46-43-40-36-33-30-27-24-21-18-15-12-9-6-3)62-71-65(68)59-56-53-50-47-44-41-38-35-32-29-26-23-20-17-14-11-8-5-2/h16,18-19,21-22,24-25,27,29-30,32-33,35-36,38,40,64H,4-15,17,20,23,26,28,31,34,37,39,41-63H2,1-3H3/b19-16-,21-18-,25-22-,27-24-,32-29-,33-30-,38-35-,40-36-. The van der Waals surface area contributed by atoms with Gasteiger partial charge in [-0.3, -0.25) is 14.4 Å². The number of ether oxygens (including phenoxy) is 3. The molecule has 0 radical (unpaired) electrons. The lowest BCUT2D eigenvalue weighted by atomic mass is 10.1. The van der Waals surface area contributed by atoms with Crippen LogP contribution in [0.5, 0.6) is 0 Å². The molecule has 6 heteroatoms. The van der Waals surface area contributed by atoms with Crippen molar-refractivity contribution < 1.29 is 28.6 Å². The number of carbonyl (C=O) groups excluding carboxylic acids is 3. The van der Waals surface area contributed by atoms with Gasteiger partial charge in [0.25, 0.3) is 0 Å². The van der Waals surface area contributed by atoms with Crippen molar-refractivity contribution >= 4 is 17.9 Å². The minimum Gasteiger partial charge on any atom is -0.462 e. The van der Waals surface area contributed by atoms with E-state index in [9.17, 15) is 14.4 Å². The molecule has 0 saturated heterocycles. The molecule has 0 fully saturated rings. The average Bonchev–Trinajstić information content (AvgIpc) is 3.39. The first kappa shape index (κ1) is 69.3. The maximum absolute atomic E-state index is 12.9. The van der Waals surface area contributed by atoms with E-state index in [-0.39, 0.29) is 31.1 Å². The van der Waals surface area contributed by atoms with E-state index in [1.54, 1.807) is 0 Å². The topological polar surface area (TPSA) is 78.9 Å². The Hall–Kier alpha value is -3.67. The van der Waals surface area contributed by atoms with E-state index >= 15 is 0 Å². The second-order valence-electron chi connectivity index (χ2n) is 20.4. The molecule has 0 bridgehead atoms. The van der Waals surface area contributed by atoms with Gasteiger partial charge in [-0.1, -0.05) is 272 Å². The second kappa shape index (κ2) is 60.9. The summed E-state index contributed by atoms with van der Waals surface area (Å²) in [6.45, 7) is 6.55. The molecule has 0 aromatic rings. The van der Waals surface area contributed by atoms with Crippen molar-refractivity contribution in [3.8, 4) is 0 Å². The summed E-state index contributed by atoms with van der Waals surface area (Å²) in [4.78, 5) is 38.3. The Labute approximate surface area is 451 Å². The zero-order valence-corrected chi connectivity index (χ0v) is 47.9. The number of allylic oxidation sites excluding steroid dienone is 16. The third kappa shape index (κ3) is 59.1. The molecule has 1 unspecified atom stereocenters. The molecular weight excluding hydrogens is 901 g/mol. The molecule has 1 atom stereocenters. The van der Waals surface area contributed by atoms with Crippen LogP contribution in [0.2, 0.25) is 0 Å². The molecule has 0 aromatic heterocycles. The number of unbranched alkanes of at least 4 members (excludes halogenated alkanes) is 33. The molecule has 0 N–H and O–H groups in total. The van der Waals surface area contributed by atoms with Crippen molar-refractivity contribution in [2.75, 3.05) is 13.2 Å². The smallest absolute Gasteiger partial charge is 0.306 e. The average molecular weight is 1020 g/mol. The summed E-state index contributed by atoms with van der Waals surface area (Å²) in [5.74, 6) is -0.929. The monoisotopic (exact) mass is 1010 g/mol. The van der Waals surface area contributed by atoms with Gasteiger partial charge in [-0.25, -0.2) is 0 Å². The largest absolute Gasteiger partial charge is 0.462 e. The number of rotatable bonds is 55. The molecule has 0 spiro atoms. The summed E-state index contributed by atoms with van der Waals surface area (Å²) >= 11 is 0. The molecule has 0 saturated carbocycles. The van der Waals surface area contributed by atoms with E-state index in [2.05, 4.69) is 118 Å².